The molecule has 1 aromatic carbocycles. The molecule has 4 nitrogen and oxygen atoms in total. The molecule has 0 saturated heterocycles. The normalized spacial score (nSPS) is 11.4. The number of hydrogen-bond acceptors (Lipinski definition) is 2. The molecule has 0 fully saturated rings. The fourth-order valence-electron chi connectivity index (χ4n) is 1.27. The number of urea groups is 1. The van der Waals surface area contributed by atoms with Crippen LogP contribution in [0.25, 0.3) is 0 Å². The van der Waals surface area contributed by atoms with Crippen molar-refractivity contribution in [2.24, 2.45) is 0 Å². The Kier molecular flexibility index (Phi) is 4.46. The number of amides is 3. The molecule has 0 bridgehead atoms. The van der Waals surface area contributed by atoms with Gasteiger partial charge in [0.2, 0.25) is 0 Å². The van der Waals surface area contributed by atoms with E-state index in [0.29, 0.717) is 5.57 Å². The molecule has 0 radical (unpaired) electrons. The van der Waals surface area contributed by atoms with E-state index in [9.17, 15) is 9.59 Å². The molecule has 0 saturated carbocycles. The molecule has 0 aliphatic carbocycles. The minimum Gasteiger partial charge on any atom is -0.331 e. The van der Waals surface area contributed by atoms with Crippen LogP contribution in [0.5, 0.6) is 0 Å². The molecule has 3 amide bonds. The van der Waals surface area contributed by atoms with E-state index >= 15 is 0 Å². The maximum Gasteiger partial charge on any atom is 0.322 e. The zero-order chi connectivity index (χ0) is 12.8. The van der Waals surface area contributed by atoms with Gasteiger partial charge in [-0.3, -0.25) is 10.1 Å². The van der Waals surface area contributed by atoms with E-state index in [1.165, 1.54) is 0 Å². The van der Waals surface area contributed by atoms with Crippen LogP contribution < -0.4 is 10.6 Å². The number of rotatable bonds is 3. The number of carbonyl (C=O) groups excluding carboxylic acids is 2. The van der Waals surface area contributed by atoms with Crippen LogP contribution in [0.15, 0.2) is 42.5 Å². The summed E-state index contributed by atoms with van der Waals surface area (Å²) in [6, 6.07) is 8.83. The largest absolute Gasteiger partial charge is 0.331 e. The highest BCUT2D eigenvalue weighted by molar-refractivity contribution is 6.03. The van der Waals surface area contributed by atoms with Crippen molar-refractivity contribution in [3.05, 3.63) is 48.0 Å². The van der Waals surface area contributed by atoms with Gasteiger partial charge in [-0.1, -0.05) is 36.9 Å². The molecule has 4 heteroatoms. The van der Waals surface area contributed by atoms with E-state index in [0.717, 1.165) is 5.56 Å². The topological polar surface area (TPSA) is 58.2 Å². The standard InChI is InChI=1S/C13H16N2O2/c1-9(2)12(16)15-13(17)14-10(3)11-7-5-4-6-8-11/h4-8,10H,1H2,2-3H3,(H2,14,15,16,17)/t10-/m0/s1. The summed E-state index contributed by atoms with van der Waals surface area (Å²) in [5.41, 5.74) is 1.28. The average Bonchev–Trinajstić information content (AvgIpc) is 2.29. The van der Waals surface area contributed by atoms with Crippen LogP contribution in [0.3, 0.4) is 0 Å². The smallest absolute Gasteiger partial charge is 0.322 e. The molecule has 1 rings (SSSR count). The van der Waals surface area contributed by atoms with E-state index in [1.54, 1.807) is 6.92 Å². The van der Waals surface area contributed by atoms with E-state index in [1.807, 2.05) is 37.3 Å². The number of nitrogens with one attached hydrogen (secondary N) is 2. The Balaban J connectivity index is 2.52. The molecule has 2 N–H and O–H groups in total. The highest BCUT2D eigenvalue weighted by Gasteiger charge is 2.11. The lowest BCUT2D eigenvalue weighted by Gasteiger charge is -2.14. The van der Waals surface area contributed by atoms with Crippen LogP contribution >= 0.6 is 0 Å². The van der Waals surface area contributed by atoms with Crippen LogP contribution in [-0.4, -0.2) is 11.9 Å². The summed E-state index contributed by atoms with van der Waals surface area (Å²) in [5, 5.41) is 4.86. The lowest BCUT2D eigenvalue weighted by Crippen LogP contribution is -2.40. The molecule has 0 unspecified atom stereocenters. The average molecular weight is 232 g/mol. The van der Waals surface area contributed by atoms with Gasteiger partial charge in [-0.2, -0.15) is 0 Å². The molecule has 1 atom stereocenters. The maximum absolute atomic E-state index is 11.5. The number of imide groups is 1. The highest BCUT2D eigenvalue weighted by atomic mass is 16.2. The molecule has 90 valence electrons. The molecule has 0 aromatic heterocycles. The lowest BCUT2D eigenvalue weighted by molar-refractivity contribution is -0.116. The predicted molar refractivity (Wildman–Crippen MR) is 66.3 cm³/mol. The van der Waals surface area contributed by atoms with Crippen LogP contribution in [0.2, 0.25) is 0 Å². The zero-order valence-corrected chi connectivity index (χ0v) is 9.99. The summed E-state index contributed by atoms with van der Waals surface area (Å²) in [7, 11) is 0. The van der Waals surface area contributed by atoms with Crippen molar-refractivity contribution in [3.8, 4) is 0 Å². The van der Waals surface area contributed by atoms with Gasteiger partial charge >= 0.3 is 6.03 Å². The Morgan fingerprint density at radius 2 is 1.82 bits per heavy atom. The van der Waals surface area contributed by atoms with Gasteiger partial charge in [0.15, 0.2) is 0 Å². The minimum atomic E-state index is -0.519. The Morgan fingerprint density at radius 3 is 2.35 bits per heavy atom. The van der Waals surface area contributed by atoms with Crippen molar-refractivity contribution in [2.75, 3.05) is 0 Å². The third-order valence-corrected chi connectivity index (χ3v) is 2.26. The van der Waals surface area contributed by atoms with Crippen LogP contribution in [0, 0.1) is 0 Å². The van der Waals surface area contributed by atoms with Crippen molar-refractivity contribution >= 4 is 11.9 Å². The molecule has 0 aliphatic rings. The second kappa shape index (κ2) is 5.84. The third kappa shape index (κ3) is 4.10. The summed E-state index contributed by atoms with van der Waals surface area (Å²) in [6.45, 7) is 6.85. The highest BCUT2D eigenvalue weighted by Crippen LogP contribution is 2.10. The van der Waals surface area contributed by atoms with Crippen LogP contribution in [0.1, 0.15) is 25.5 Å². The maximum atomic E-state index is 11.5. The van der Waals surface area contributed by atoms with Crippen molar-refractivity contribution < 1.29 is 9.59 Å². The summed E-state index contributed by atoms with van der Waals surface area (Å²) in [4.78, 5) is 22.7. The Hall–Kier alpha value is -2.10. The fraction of sp³-hybridized carbons (Fsp3) is 0.231. The van der Waals surface area contributed by atoms with Crippen molar-refractivity contribution in [2.45, 2.75) is 19.9 Å². The molecule has 0 aliphatic heterocycles. The molecular weight excluding hydrogens is 216 g/mol. The van der Waals surface area contributed by atoms with Gasteiger partial charge in [-0.25, -0.2) is 4.79 Å². The second-order valence-electron chi connectivity index (χ2n) is 3.84. The zero-order valence-electron chi connectivity index (χ0n) is 9.99. The third-order valence-electron chi connectivity index (χ3n) is 2.26. The van der Waals surface area contributed by atoms with Crippen LogP contribution in [-0.2, 0) is 4.79 Å². The second-order valence-corrected chi connectivity index (χ2v) is 3.84. The lowest BCUT2D eigenvalue weighted by atomic mass is 10.1. The fourth-order valence-corrected chi connectivity index (χ4v) is 1.27. The van der Waals surface area contributed by atoms with E-state index in [2.05, 4.69) is 17.2 Å². The van der Waals surface area contributed by atoms with Gasteiger partial charge in [0.1, 0.15) is 0 Å². The molecular formula is C13H16N2O2. The molecule has 0 spiro atoms. The first-order valence-corrected chi connectivity index (χ1v) is 5.33. The van der Waals surface area contributed by atoms with Crippen molar-refractivity contribution in [1.82, 2.24) is 10.6 Å². The van der Waals surface area contributed by atoms with Gasteiger partial charge in [0.25, 0.3) is 5.91 Å². The Bertz CT molecular complexity index is 426. The summed E-state index contributed by atoms with van der Waals surface area (Å²) < 4.78 is 0. The van der Waals surface area contributed by atoms with Gasteiger partial charge in [0.05, 0.1) is 6.04 Å². The number of benzene rings is 1. The monoisotopic (exact) mass is 232 g/mol. The van der Waals surface area contributed by atoms with Crippen LogP contribution in [0.4, 0.5) is 4.79 Å². The number of hydrogen-bond donors (Lipinski definition) is 2. The van der Waals surface area contributed by atoms with Gasteiger partial charge in [-0.05, 0) is 19.4 Å². The Morgan fingerprint density at radius 1 is 1.24 bits per heavy atom. The van der Waals surface area contributed by atoms with E-state index in [4.69, 9.17) is 0 Å². The molecule has 1 aromatic rings. The van der Waals surface area contributed by atoms with E-state index in [-0.39, 0.29) is 6.04 Å². The van der Waals surface area contributed by atoms with Crippen molar-refractivity contribution in [3.63, 3.8) is 0 Å². The first-order valence-electron chi connectivity index (χ1n) is 5.33. The number of carbonyl (C=O) groups is 2. The van der Waals surface area contributed by atoms with Crippen molar-refractivity contribution in [1.29, 1.82) is 0 Å². The minimum absolute atomic E-state index is 0.158. The first-order chi connectivity index (χ1) is 8.00. The van der Waals surface area contributed by atoms with E-state index < -0.39 is 11.9 Å². The molecule has 17 heavy (non-hydrogen) atoms. The van der Waals surface area contributed by atoms with Gasteiger partial charge in [0, 0.05) is 5.57 Å². The first kappa shape index (κ1) is 13.0. The summed E-state index contributed by atoms with van der Waals surface area (Å²) in [6.07, 6.45) is 0. The SMILES string of the molecule is C=C(C)C(=O)NC(=O)N[C@@H](C)c1ccccc1. The molecule has 0 heterocycles. The Labute approximate surface area is 101 Å². The van der Waals surface area contributed by atoms with Gasteiger partial charge < -0.3 is 5.32 Å². The summed E-state index contributed by atoms with van der Waals surface area (Å²) in [5.74, 6) is -0.470. The van der Waals surface area contributed by atoms with Gasteiger partial charge in [-0.15, -0.1) is 0 Å². The quantitative estimate of drug-likeness (QED) is 0.784. The predicted octanol–water partition coefficient (Wildman–Crippen LogP) is 2.15. The summed E-state index contributed by atoms with van der Waals surface area (Å²) >= 11 is 0.